The number of carboxylic acid groups (broad SMARTS) is 1. The minimum atomic E-state index is -1.12. The average molecular weight is 210 g/mol. The Morgan fingerprint density at radius 1 is 1.79 bits per heavy atom. The molecule has 0 aromatic carbocycles. The molecule has 4 heteroatoms. The number of aromatic carboxylic acids is 1. The number of halogens is 1. The van der Waals surface area contributed by atoms with Gasteiger partial charge in [0.05, 0.1) is 11.3 Å². The summed E-state index contributed by atoms with van der Waals surface area (Å²) in [5, 5.41) is 8.74. The molecular formula is C10H8ClNO2. The van der Waals surface area contributed by atoms with Crippen LogP contribution < -0.4 is 0 Å². The van der Waals surface area contributed by atoms with Crippen LogP contribution in [0, 0.1) is 12.3 Å². The third-order valence-electron chi connectivity index (χ3n) is 1.78. The lowest BCUT2D eigenvalue weighted by Gasteiger charge is -2.04. The molecule has 1 aromatic rings. The molecule has 1 N–H and O–H groups in total. The number of carbonyl (C=O) groups is 1. The molecule has 0 atom stereocenters. The van der Waals surface area contributed by atoms with Gasteiger partial charge >= 0.3 is 5.97 Å². The molecule has 1 rings (SSSR count). The van der Waals surface area contributed by atoms with Crippen molar-refractivity contribution in [2.24, 2.45) is 0 Å². The fourth-order valence-corrected chi connectivity index (χ4v) is 1.31. The van der Waals surface area contributed by atoms with Gasteiger partial charge in [-0.2, -0.15) is 0 Å². The van der Waals surface area contributed by atoms with Crippen LogP contribution in [0.25, 0.3) is 0 Å². The van der Waals surface area contributed by atoms with E-state index in [0.29, 0.717) is 17.7 Å². The molecule has 0 aliphatic heterocycles. The Morgan fingerprint density at radius 2 is 2.43 bits per heavy atom. The summed E-state index contributed by atoms with van der Waals surface area (Å²) in [5.41, 5.74) is 1.06. The molecule has 0 fully saturated rings. The molecule has 0 aliphatic rings. The Hall–Kier alpha value is -1.53. The number of hydrogen-bond acceptors (Lipinski definition) is 2. The highest BCUT2D eigenvalue weighted by Crippen LogP contribution is 2.17. The van der Waals surface area contributed by atoms with Gasteiger partial charge in [-0.25, -0.2) is 9.78 Å². The average Bonchev–Trinajstić information content (AvgIpc) is 2.16. The van der Waals surface area contributed by atoms with Gasteiger partial charge in [0, 0.05) is 5.56 Å². The van der Waals surface area contributed by atoms with Gasteiger partial charge in [0.2, 0.25) is 0 Å². The summed E-state index contributed by atoms with van der Waals surface area (Å²) in [6.45, 7) is 1.87. The van der Waals surface area contributed by atoms with E-state index in [9.17, 15) is 4.79 Å². The monoisotopic (exact) mass is 209 g/mol. The maximum absolute atomic E-state index is 10.7. The van der Waals surface area contributed by atoms with Crippen molar-refractivity contribution in [3.63, 3.8) is 0 Å². The van der Waals surface area contributed by atoms with E-state index in [1.54, 1.807) is 0 Å². The summed E-state index contributed by atoms with van der Waals surface area (Å²) in [6.07, 6.45) is 5.84. The summed E-state index contributed by atoms with van der Waals surface area (Å²) >= 11 is 5.67. The van der Waals surface area contributed by atoms with Gasteiger partial charge in [0.1, 0.15) is 5.15 Å². The van der Waals surface area contributed by atoms with Crippen LogP contribution in [0.5, 0.6) is 0 Å². The minimum Gasteiger partial charge on any atom is -0.478 e. The third kappa shape index (κ3) is 1.86. The van der Waals surface area contributed by atoms with E-state index in [1.165, 1.54) is 6.07 Å². The quantitative estimate of drug-likeness (QED) is 0.599. The molecule has 1 heterocycles. The Bertz CT molecular complexity index is 421. The van der Waals surface area contributed by atoms with E-state index in [4.69, 9.17) is 23.1 Å². The number of terminal acetylenes is 1. The van der Waals surface area contributed by atoms with Crippen LogP contribution in [0.1, 0.15) is 28.5 Å². The second-order valence-electron chi connectivity index (χ2n) is 2.62. The van der Waals surface area contributed by atoms with Gasteiger partial charge in [-0.15, -0.1) is 6.42 Å². The first-order chi connectivity index (χ1) is 6.60. The van der Waals surface area contributed by atoms with Gasteiger partial charge in [-0.05, 0) is 12.5 Å². The van der Waals surface area contributed by atoms with E-state index < -0.39 is 5.97 Å². The first kappa shape index (κ1) is 10.6. The first-order valence-corrected chi connectivity index (χ1v) is 4.37. The van der Waals surface area contributed by atoms with E-state index in [0.717, 1.165) is 0 Å². The highest BCUT2D eigenvalue weighted by Gasteiger charge is 2.13. The molecule has 0 amide bonds. The van der Waals surface area contributed by atoms with Crippen molar-refractivity contribution in [3.05, 3.63) is 28.0 Å². The number of carboxylic acids is 1. The maximum Gasteiger partial charge on any atom is 0.338 e. The third-order valence-corrected chi connectivity index (χ3v) is 2.06. The van der Waals surface area contributed by atoms with Gasteiger partial charge in [-0.1, -0.05) is 24.4 Å². The molecule has 1 aromatic heterocycles. The summed E-state index contributed by atoms with van der Waals surface area (Å²) in [4.78, 5) is 14.6. The molecule has 0 radical (unpaired) electrons. The van der Waals surface area contributed by atoms with Crippen molar-refractivity contribution < 1.29 is 9.90 Å². The summed E-state index contributed by atoms with van der Waals surface area (Å²) in [6, 6.07) is 1.37. The second-order valence-corrected chi connectivity index (χ2v) is 2.98. The number of nitrogens with zero attached hydrogens (tertiary/aromatic N) is 1. The van der Waals surface area contributed by atoms with Crippen LogP contribution in [-0.2, 0) is 6.42 Å². The molecular weight excluding hydrogens is 202 g/mol. The normalized spacial score (nSPS) is 9.50. The Morgan fingerprint density at radius 3 is 2.86 bits per heavy atom. The number of aromatic nitrogens is 1. The number of hydrogen-bond donors (Lipinski definition) is 1. The van der Waals surface area contributed by atoms with Crippen LogP contribution in [0.4, 0.5) is 0 Å². The Labute approximate surface area is 86.7 Å². The largest absolute Gasteiger partial charge is 0.478 e. The van der Waals surface area contributed by atoms with Crippen molar-refractivity contribution in [2.75, 3.05) is 0 Å². The van der Waals surface area contributed by atoms with Crippen LogP contribution in [0.2, 0.25) is 5.15 Å². The zero-order valence-electron chi connectivity index (χ0n) is 7.54. The van der Waals surface area contributed by atoms with Crippen molar-refractivity contribution in [1.82, 2.24) is 4.98 Å². The van der Waals surface area contributed by atoms with Crippen LogP contribution in [0.3, 0.4) is 0 Å². The second kappa shape index (κ2) is 4.12. The lowest BCUT2D eigenvalue weighted by atomic mass is 10.1. The van der Waals surface area contributed by atoms with Gasteiger partial charge in [-0.3, -0.25) is 0 Å². The topological polar surface area (TPSA) is 50.2 Å². The standard InChI is InChI=1S/C10H8ClNO2/c1-3-6-5-7(10(13)14)9(11)12-8(6)4-2/h1,5H,4H2,2H3,(H,13,14). The number of pyridine rings is 1. The summed E-state index contributed by atoms with van der Waals surface area (Å²) in [5.74, 6) is 1.26. The van der Waals surface area contributed by atoms with Gasteiger partial charge in [0.15, 0.2) is 0 Å². The smallest absolute Gasteiger partial charge is 0.338 e. The van der Waals surface area contributed by atoms with Crippen molar-refractivity contribution in [2.45, 2.75) is 13.3 Å². The lowest BCUT2D eigenvalue weighted by molar-refractivity contribution is 0.0696. The SMILES string of the molecule is C#Cc1cc(C(=O)O)c(Cl)nc1CC. The fourth-order valence-electron chi connectivity index (χ4n) is 1.07. The highest BCUT2D eigenvalue weighted by atomic mass is 35.5. The molecule has 0 saturated carbocycles. The molecule has 0 bridgehead atoms. The van der Waals surface area contributed by atoms with Crippen molar-refractivity contribution in [3.8, 4) is 12.3 Å². The van der Waals surface area contributed by atoms with Crippen LogP contribution in [-0.4, -0.2) is 16.1 Å². The van der Waals surface area contributed by atoms with E-state index in [2.05, 4.69) is 10.9 Å². The number of aryl methyl sites for hydroxylation is 1. The van der Waals surface area contributed by atoms with Crippen LogP contribution in [0.15, 0.2) is 6.07 Å². The molecule has 72 valence electrons. The zero-order valence-corrected chi connectivity index (χ0v) is 8.30. The fraction of sp³-hybridized carbons (Fsp3) is 0.200. The maximum atomic E-state index is 10.7. The van der Waals surface area contributed by atoms with E-state index in [1.807, 2.05) is 6.92 Å². The molecule has 0 spiro atoms. The molecule has 3 nitrogen and oxygen atoms in total. The molecule has 14 heavy (non-hydrogen) atoms. The number of rotatable bonds is 2. The zero-order chi connectivity index (χ0) is 10.7. The van der Waals surface area contributed by atoms with Gasteiger partial charge in [0.25, 0.3) is 0 Å². The molecule has 0 unspecified atom stereocenters. The van der Waals surface area contributed by atoms with Gasteiger partial charge < -0.3 is 5.11 Å². The highest BCUT2D eigenvalue weighted by molar-refractivity contribution is 6.32. The Kier molecular flexibility index (Phi) is 3.10. The molecule has 0 saturated heterocycles. The lowest BCUT2D eigenvalue weighted by Crippen LogP contribution is -2.03. The summed E-state index contributed by atoms with van der Waals surface area (Å²) < 4.78 is 0. The van der Waals surface area contributed by atoms with Crippen molar-refractivity contribution >= 4 is 17.6 Å². The predicted octanol–water partition coefficient (Wildman–Crippen LogP) is 1.98. The van der Waals surface area contributed by atoms with Crippen molar-refractivity contribution in [1.29, 1.82) is 0 Å². The van der Waals surface area contributed by atoms with E-state index >= 15 is 0 Å². The minimum absolute atomic E-state index is 0.0200. The Balaban J connectivity index is 3.40. The van der Waals surface area contributed by atoms with E-state index in [-0.39, 0.29) is 10.7 Å². The first-order valence-electron chi connectivity index (χ1n) is 3.99. The molecule has 0 aliphatic carbocycles. The predicted molar refractivity (Wildman–Crippen MR) is 53.5 cm³/mol. The van der Waals surface area contributed by atoms with Crippen LogP contribution >= 0.6 is 11.6 Å². The summed E-state index contributed by atoms with van der Waals surface area (Å²) in [7, 11) is 0.